The molecule has 0 amide bonds. The van der Waals surface area contributed by atoms with Crippen LogP contribution in [0.15, 0.2) is 0 Å². The smallest absolute Gasteiger partial charge is 0.135 e. The van der Waals surface area contributed by atoms with Gasteiger partial charge in [-0.15, -0.1) is 0 Å². The molecule has 9 nitrogen and oxygen atoms in total. The Hall–Kier alpha value is -2.58. The fourth-order valence-corrected chi connectivity index (χ4v) is 0.610. The maximum Gasteiger partial charge on any atom is 0.135 e. The number of carbonyl (C=O) groups excluding carboxylic acids is 6. The summed E-state index contributed by atoms with van der Waals surface area (Å²) in [5, 5.41) is 28.4. The van der Waals surface area contributed by atoms with Gasteiger partial charge in [0.1, 0.15) is 17.3 Å². The summed E-state index contributed by atoms with van der Waals surface area (Å²) in [4.78, 5) is 57.9. The molecule has 0 aromatic heterocycles. The Balaban J connectivity index is -0.000000115. The van der Waals surface area contributed by atoms with Crippen molar-refractivity contribution in [3.8, 4) is 0 Å². The number of carbonyl (C=O) groups is 6. The molecule has 0 N–H and O–H groups in total. The van der Waals surface area contributed by atoms with E-state index in [0.29, 0.717) is 0 Å². The minimum absolute atomic E-state index is 0.375. The van der Waals surface area contributed by atoms with Gasteiger partial charge in [0, 0.05) is 37.2 Å². The van der Waals surface area contributed by atoms with Crippen molar-refractivity contribution in [3.63, 3.8) is 0 Å². The quantitative estimate of drug-likeness (QED) is 0.473. The summed E-state index contributed by atoms with van der Waals surface area (Å²) in [6.07, 6.45) is -0.167. The highest BCUT2D eigenvalue weighted by atomic mass is 16.4. The predicted octanol–water partition coefficient (Wildman–Crippen LogP) is -2.44. The number of hydrogen-bond donors (Lipinski definition) is 0. The Morgan fingerprint density at radius 2 is 0.667 bits per heavy atom. The second-order valence-electron chi connectivity index (χ2n) is 4.46. The van der Waals surface area contributed by atoms with Gasteiger partial charge in [-0.1, -0.05) is 20.3 Å². The molecule has 140 valence electrons. The van der Waals surface area contributed by atoms with Crippen molar-refractivity contribution in [1.29, 1.82) is 0 Å². The molecule has 0 saturated heterocycles. The summed E-state index contributed by atoms with van der Waals surface area (Å²) < 4.78 is 0. The average molecular weight is 347 g/mol. The second kappa shape index (κ2) is 20.4. The van der Waals surface area contributed by atoms with Crippen molar-refractivity contribution >= 4 is 35.3 Å². The van der Waals surface area contributed by atoms with Crippen LogP contribution < -0.4 is 15.3 Å². The molecule has 9 heteroatoms. The lowest BCUT2D eigenvalue weighted by Crippen LogP contribution is -2.24. The SMILES string of the molecule is CC(=O)CC(=O)[O-].CC(=O)CC(=O)[O-].CC(=O)CC(=O)[O-].CCC. The Kier molecular flexibility index (Phi) is 25.0. The van der Waals surface area contributed by atoms with Crippen molar-refractivity contribution in [1.82, 2.24) is 0 Å². The Morgan fingerprint density at radius 3 is 0.667 bits per heavy atom. The molecule has 0 rings (SSSR count). The van der Waals surface area contributed by atoms with Crippen LogP contribution in [0.5, 0.6) is 0 Å². The Labute approximate surface area is 140 Å². The molecule has 0 heterocycles. The molecule has 0 fully saturated rings. The fraction of sp³-hybridized carbons (Fsp3) is 0.600. The van der Waals surface area contributed by atoms with Gasteiger partial charge in [0.2, 0.25) is 0 Å². The van der Waals surface area contributed by atoms with Crippen LogP contribution in [0.4, 0.5) is 0 Å². The number of carboxylic acids is 3. The van der Waals surface area contributed by atoms with Crippen LogP contribution in [0.2, 0.25) is 0 Å². The molecule has 0 spiro atoms. The molecular formula is C15H23O9-3. The van der Waals surface area contributed by atoms with Gasteiger partial charge in [0.15, 0.2) is 0 Å². The van der Waals surface area contributed by atoms with Crippen LogP contribution in [0.1, 0.15) is 60.3 Å². The fourth-order valence-electron chi connectivity index (χ4n) is 0.610. The number of rotatable bonds is 6. The van der Waals surface area contributed by atoms with Crippen molar-refractivity contribution in [2.75, 3.05) is 0 Å². The van der Waals surface area contributed by atoms with E-state index < -0.39 is 37.2 Å². The van der Waals surface area contributed by atoms with Crippen LogP contribution in [-0.2, 0) is 28.8 Å². The molecule has 0 saturated carbocycles. The minimum atomic E-state index is -1.31. The van der Waals surface area contributed by atoms with Crippen molar-refractivity contribution in [2.45, 2.75) is 60.3 Å². The highest BCUT2D eigenvalue weighted by Gasteiger charge is 1.90. The monoisotopic (exact) mass is 347 g/mol. The lowest BCUT2D eigenvalue weighted by Gasteiger charge is -1.92. The molecule has 0 aliphatic carbocycles. The predicted molar refractivity (Wildman–Crippen MR) is 76.9 cm³/mol. The van der Waals surface area contributed by atoms with E-state index in [-0.39, 0.29) is 17.3 Å². The van der Waals surface area contributed by atoms with Crippen LogP contribution >= 0.6 is 0 Å². The molecular weight excluding hydrogens is 324 g/mol. The van der Waals surface area contributed by atoms with Gasteiger partial charge >= 0.3 is 0 Å². The summed E-state index contributed by atoms with van der Waals surface area (Å²) in [6, 6.07) is 0. The van der Waals surface area contributed by atoms with E-state index >= 15 is 0 Å². The number of aliphatic carboxylic acids is 3. The van der Waals surface area contributed by atoms with Crippen molar-refractivity contribution < 1.29 is 44.1 Å². The molecule has 0 aliphatic rings. The van der Waals surface area contributed by atoms with Gasteiger partial charge < -0.3 is 29.7 Å². The summed E-state index contributed by atoms with van der Waals surface area (Å²) >= 11 is 0. The summed E-state index contributed by atoms with van der Waals surface area (Å²) in [6.45, 7) is 7.86. The van der Waals surface area contributed by atoms with Gasteiger partial charge in [-0.05, 0) is 20.8 Å². The van der Waals surface area contributed by atoms with Gasteiger partial charge in [-0.25, -0.2) is 0 Å². The number of Topliss-reactive ketones (excluding diaryl/α,β-unsaturated/α-hetero) is 3. The lowest BCUT2D eigenvalue weighted by molar-refractivity contribution is -0.306. The first-order chi connectivity index (χ1) is 10.8. The van der Waals surface area contributed by atoms with Gasteiger partial charge in [0.25, 0.3) is 0 Å². The number of ketones is 3. The summed E-state index contributed by atoms with van der Waals surface area (Å²) in [7, 11) is 0. The number of hydrogen-bond acceptors (Lipinski definition) is 9. The van der Waals surface area contributed by atoms with Gasteiger partial charge in [-0.3, -0.25) is 14.4 Å². The largest absolute Gasteiger partial charge is 0.550 e. The zero-order chi connectivity index (χ0) is 20.3. The Bertz CT molecular complexity index is 327. The molecule has 24 heavy (non-hydrogen) atoms. The molecule has 0 aromatic rings. The Morgan fingerprint density at radius 1 is 0.542 bits per heavy atom. The normalized spacial score (nSPS) is 7.88. The van der Waals surface area contributed by atoms with Crippen molar-refractivity contribution in [3.05, 3.63) is 0 Å². The second-order valence-corrected chi connectivity index (χ2v) is 4.46. The molecule has 0 radical (unpaired) electrons. The van der Waals surface area contributed by atoms with Crippen LogP contribution in [0.25, 0.3) is 0 Å². The average Bonchev–Trinajstić information content (AvgIpc) is 2.24. The molecule has 0 atom stereocenters. The maximum atomic E-state index is 9.83. The standard InChI is InChI=1S/3C4H6O3.C3H8/c3*1-3(5)2-4(6)7;1-3-2/h3*2H2,1H3,(H,6,7);3H2,1-2H3/p-3. The van der Waals surface area contributed by atoms with E-state index in [9.17, 15) is 44.1 Å². The van der Waals surface area contributed by atoms with E-state index in [1.54, 1.807) is 0 Å². The third kappa shape index (κ3) is 74.3. The first-order valence-corrected chi connectivity index (χ1v) is 6.87. The molecule has 0 aliphatic heterocycles. The third-order valence-electron chi connectivity index (χ3n) is 1.18. The van der Waals surface area contributed by atoms with Crippen LogP contribution in [0, 0.1) is 0 Å². The van der Waals surface area contributed by atoms with E-state index in [0.717, 1.165) is 0 Å². The third-order valence-corrected chi connectivity index (χ3v) is 1.18. The minimum Gasteiger partial charge on any atom is -0.550 e. The lowest BCUT2D eigenvalue weighted by atomic mass is 10.3. The maximum absolute atomic E-state index is 9.83. The molecule has 0 unspecified atom stereocenters. The van der Waals surface area contributed by atoms with Gasteiger partial charge in [-0.2, -0.15) is 0 Å². The van der Waals surface area contributed by atoms with E-state index in [1.165, 1.54) is 27.2 Å². The highest BCUT2D eigenvalue weighted by Crippen LogP contribution is 1.75. The topological polar surface area (TPSA) is 172 Å². The summed E-state index contributed by atoms with van der Waals surface area (Å²) in [5.41, 5.74) is 0. The van der Waals surface area contributed by atoms with Crippen molar-refractivity contribution in [2.24, 2.45) is 0 Å². The zero-order valence-electron chi connectivity index (χ0n) is 14.5. The van der Waals surface area contributed by atoms with E-state index in [4.69, 9.17) is 0 Å². The van der Waals surface area contributed by atoms with Gasteiger partial charge in [0.05, 0.1) is 0 Å². The first kappa shape index (κ1) is 29.4. The summed E-state index contributed by atoms with van der Waals surface area (Å²) in [5.74, 6) is -5.06. The van der Waals surface area contributed by atoms with E-state index in [2.05, 4.69) is 13.8 Å². The first-order valence-electron chi connectivity index (χ1n) is 6.87. The highest BCUT2D eigenvalue weighted by molar-refractivity contribution is 5.93. The van der Waals surface area contributed by atoms with E-state index in [1.807, 2.05) is 0 Å². The zero-order valence-corrected chi connectivity index (χ0v) is 14.5. The van der Waals surface area contributed by atoms with Crippen LogP contribution in [-0.4, -0.2) is 35.3 Å². The molecule has 0 bridgehead atoms. The van der Waals surface area contributed by atoms with Crippen LogP contribution in [0.3, 0.4) is 0 Å². The number of carboxylic acid groups (broad SMARTS) is 3. The molecule has 0 aromatic carbocycles.